The maximum atomic E-state index is 12.5. The van der Waals surface area contributed by atoms with Crippen LogP contribution in [0.5, 0.6) is 0 Å². The molecule has 10 heteroatoms. The number of ether oxygens (including phenoxy) is 2. The molecule has 0 saturated carbocycles. The Hall–Kier alpha value is -1.77. The van der Waals surface area contributed by atoms with Crippen LogP contribution in [0, 0.1) is 0 Å². The number of nitrogens with two attached hydrogens (primary N) is 1. The van der Waals surface area contributed by atoms with Gasteiger partial charge in [0.25, 0.3) is 0 Å². The second-order valence-corrected chi connectivity index (χ2v) is 14.9. The van der Waals surface area contributed by atoms with E-state index < -0.39 is 32.5 Å². The Balaban J connectivity index is 4.28. The lowest BCUT2D eigenvalue weighted by Gasteiger charge is -2.19. The molecular formula is C41H76NO8P. The molecular weight excluding hydrogens is 665 g/mol. The Morgan fingerprint density at radius 3 is 1.59 bits per heavy atom. The number of esters is 2. The molecule has 9 nitrogen and oxygen atoms in total. The third kappa shape index (κ3) is 37.8. The van der Waals surface area contributed by atoms with E-state index in [0.29, 0.717) is 12.8 Å². The fourth-order valence-corrected chi connectivity index (χ4v) is 6.21. The van der Waals surface area contributed by atoms with Gasteiger partial charge >= 0.3 is 19.8 Å². The number of allylic oxidation sites excluding steroid dienone is 6. The monoisotopic (exact) mass is 742 g/mol. The lowest BCUT2D eigenvalue weighted by molar-refractivity contribution is -0.161. The van der Waals surface area contributed by atoms with Crippen molar-refractivity contribution in [1.82, 2.24) is 0 Å². The largest absolute Gasteiger partial charge is 0.472 e. The molecule has 0 aliphatic carbocycles. The van der Waals surface area contributed by atoms with Crippen LogP contribution < -0.4 is 5.73 Å². The molecule has 3 N–H and O–H groups in total. The maximum Gasteiger partial charge on any atom is 0.472 e. The number of phosphoric ester groups is 1. The minimum Gasteiger partial charge on any atom is -0.462 e. The van der Waals surface area contributed by atoms with Crippen LogP contribution in [0.25, 0.3) is 0 Å². The quantitative estimate of drug-likeness (QED) is 0.0274. The van der Waals surface area contributed by atoms with Gasteiger partial charge in [-0.3, -0.25) is 18.6 Å². The van der Waals surface area contributed by atoms with E-state index in [0.717, 1.165) is 38.5 Å². The molecule has 0 spiro atoms. The smallest absolute Gasteiger partial charge is 0.462 e. The molecule has 0 fully saturated rings. The van der Waals surface area contributed by atoms with Crippen LogP contribution in [-0.2, 0) is 32.7 Å². The van der Waals surface area contributed by atoms with Crippen LogP contribution in [0.2, 0.25) is 0 Å². The normalized spacial score (nSPS) is 13.7. The van der Waals surface area contributed by atoms with Crippen molar-refractivity contribution < 1.29 is 37.6 Å². The van der Waals surface area contributed by atoms with Crippen molar-refractivity contribution in [3.63, 3.8) is 0 Å². The Bertz CT molecular complexity index is 939. The molecule has 0 bridgehead atoms. The summed E-state index contributed by atoms with van der Waals surface area (Å²) in [5.41, 5.74) is 5.33. The van der Waals surface area contributed by atoms with Gasteiger partial charge in [-0.2, -0.15) is 0 Å². The average molecular weight is 742 g/mol. The summed E-state index contributed by atoms with van der Waals surface area (Å²) in [5.74, 6) is -0.923. The van der Waals surface area contributed by atoms with Crippen molar-refractivity contribution >= 4 is 19.8 Å². The van der Waals surface area contributed by atoms with Crippen LogP contribution >= 0.6 is 7.82 Å². The molecule has 0 heterocycles. The van der Waals surface area contributed by atoms with Gasteiger partial charge in [0.15, 0.2) is 6.10 Å². The first kappa shape index (κ1) is 49.2. The van der Waals surface area contributed by atoms with Gasteiger partial charge in [-0.15, -0.1) is 0 Å². The predicted molar refractivity (Wildman–Crippen MR) is 210 cm³/mol. The fourth-order valence-electron chi connectivity index (χ4n) is 5.45. The second kappa shape index (κ2) is 38.0. The lowest BCUT2D eigenvalue weighted by Crippen LogP contribution is -2.29. The van der Waals surface area contributed by atoms with Crippen LogP contribution in [0.3, 0.4) is 0 Å². The van der Waals surface area contributed by atoms with Gasteiger partial charge in [-0.05, 0) is 57.8 Å². The Kier molecular flexibility index (Phi) is 36.7. The van der Waals surface area contributed by atoms with Gasteiger partial charge in [0.1, 0.15) is 6.61 Å². The third-order valence-electron chi connectivity index (χ3n) is 8.51. The molecule has 0 aromatic rings. The molecule has 2 atom stereocenters. The van der Waals surface area contributed by atoms with Crippen molar-refractivity contribution in [3.05, 3.63) is 36.5 Å². The van der Waals surface area contributed by atoms with E-state index in [9.17, 15) is 19.0 Å². The predicted octanol–water partition coefficient (Wildman–Crippen LogP) is 11.4. The summed E-state index contributed by atoms with van der Waals surface area (Å²) in [6.45, 7) is 3.64. The topological polar surface area (TPSA) is 134 Å². The Labute approximate surface area is 312 Å². The number of carbonyl (C=O) groups is 2. The number of unbranched alkanes of at least 4 members (excludes halogenated alkanes) is 19. The molecule has 0 aliphatic heterocycles. The van der Waals surface area contributed by atoms with Crippen molar-refractivity contribution in [2.45, 2.75) is 187 Å². The zero-order chi connectivity index (χ0) is 37.5. The lowest BCUT2D eigenvalue weighted by atomic mass is 10.1. The SMILES string of the molecule is CCCCCCCC/C=C/C/C=C/CCCCC(=O)OC[C@H](COP(=O)(O)OCCN)OC(=O)CC/C=C/CCCCCCCCCCCCC. The highest BCUT2D eigenvalue weighted by Gasteiger charge is 2.25. The van der Waals surface area contributed by atoms with Crippen LogP contribution in [-0.4, -0.2) is 49.3 Å². The first-order valence-electron chi connectivity index (χ1n) is 20.5. The van der Waals surface area contributed by atoms with Crippen molar-refractivity contribution in [2.24, 2.45) is 5.73 Å². The number of phosphoric acid groups is 1. The van der Waals surface area contributed by atoms with Crippen LogP contribution in [0.15, 0.2) is 36.5 Å². The fraction of sp³-hybridized carbons (Fsp3) is 0.805. The molecule has 0 amide bonds. The zero-order valence-electron chi connectivity index (χ0n) is 32.6. The van der Waals surface area contributed by atoms with E-state index in [-0.39, 0.29) is 32.6 Å². The van der Waals surface area contributed by atoms with E-state index >= 15 is 0 Å². The first-order chi connectivity index (χ1) is 24.8. The summed E-state index contributed by atoms with van der Waals surface area (Å²) in [4.78, 5) is 34.7. The minimum absolute atomic E-state index is 0.0445. The van der Waals surface area contributed by atoms with Crippen LogP contribution in [0.1, 0.15) is 181 Å². The molecule has 0 aliphatic rings. The standard InChI is InChI=1S/C41H76NO8P/c1-3-5-7-9-11-13-15-17-19-21-23-25-27-29-31-33-40(43)47-37-39(38-49-51(45,46)48-36-35-42)50-41(44)34-32-30-28-26-24-22-20-18-16-14-12-10-8-6-4-2/h17,19,23,25,28,30,39H,3-16,18,20-22,24,26-27,29,31-38,42H2,1-2H3,(H,45,46)/b19-17+,25-23+,30-28+/t39-/m1/s1. The Morgan fingerprint density at radius 1 is 0.588 bits per heavy atom. The average Bonchev–Trinajstić information content (AvgIpc) is 3.11. The van der Waals surface area contributed by atoms with Crippen LogP contribution in [0.4, 0.5) is 0 Å². The molecule has 0 aromatic carbocycles. The number of hydrogen-bond donors (Lipinski definition) is 2. The molecule has 51 heavy (non-hydrogen) atoms. The van der Waals surface area contributed by atoms with E-state index in [1.54, 1.807) is 0 Å². The third-order valence-corrected chi connectivity index (χ3v) is 9.50. The van der Waals surface area contributed by atoms with Gasteiger partial charge in [0, 0.05) is 19.4 Å². The number of hydrogen-bond acceptors (Lipinski definition) is 8. The van der Waals surface area contributed by atoms with Gasteiger partial charge < -0.3 is 20.1 Å². The highest BCUT2D eigenvalue weighted by molar-refractivity contribution is 7.47. The summed E-state index contributed by atoms with van der Waals surface area (Å²) in [6.07, 6.45) is 40.5. The van der Waals surface area contributed by atoms with Crippen molar-refractivity contribution in [2.75, 3.05) is 26.4 Å². The van der Waals surface area contributed by atoms with Gasteiger partial charge in [0.2, 0.25) is 0 Å². The molecule has 298 valence electrons. The van der Waals surface area contributed by atoms with Gasteiger partial charge in [-0.1, -0.05) is 147 Å². The van der Waals surface area contributed by atoms with E-state index in [2.05, 4.69) is 44.2 Å². The van der Waals surface area contributed by atoms with E-state index in [1.165, 1.54) is 103 Å². The maximum absolute atomic E-state index is 12.5. The highest BCUT2D eigenvalue weighted by Crippen LogP contribution is 2.43. The Morgan fingerprint density at radius 2 is 1.06 bits per heavy atom. The summed E-state index contributed by atoms with van der Waals surface area (Å²) in [5, 5.41) is 0. The number of carbonyl (C=O) groups excluding carboxylic acids is 2. The van der Waals surface area contributed by atoms with Gasteiger partial charge in [0.05, 0.1) is 13.2 Å². The van der Waals surface area contributed by atoms with E-state index in [4.69, 9.17) is 24.3 Å². The summed E-state index contributed by atoms with van der Waals surface area (Å²) < 4.78 is 32.6. The minimum atomic E-state index is -4.39. The van der Waals surface area contributed by atoms with Crippen molar-refractivity contribution in [1.29, 1.82) is 0 Å². The molecule has 1 unspecified atom stereocenters. The van der Waals surface area contributed by atoms with Crippen molar-refractivity contribution in [3.8, 4) is 0 Å². The summed E-state index contributed by atoms with van der Waals surface area (Å²) >= 11 is 0. The summed E-state index contributed by atoms with van der Waals surface area (Å²) in [7, 11) is -4.39. The van der Waals surface area contributed by atoms with E-state index in [1.807, 2.05) is 6.08 Å². The summed E-state index contributed by atoms with van der Waals surface area (Å²) in [6, 6.07) is 0. The second-order valence-electron chi connectivity index (χ2n) is 13.5. The zero-order valence-corrected chi connectivity index (χ0v) is 33.5. The molecule has 0 radical (unpaired) electrons. The molecule has 0 rings (SSSR count). The first-order valence-corrected chi connectivity index (χ1v) is 22.0. The number of rotatable bonds is 38. The molecule has 0 saturated heterocycles. The highest BCUT2D eigenvalue weighted by atomic mass is 31.2. The van der Waals surface area contributed by atoms with Gasteiger partial charge in [-0.25, -0.2) is 4.57 Å². The molecule has 0 aromatic heterocycles.